The number of ether oxygens (including phenoxy) is 1. The Morgan fingerprint density at radius 1 is 1.15 bits per heavy atom. The van der Waals surface area contributed by atoms with E-state index in [-0.39, 0.29) is 17.5 Å². The predicted molar refractivity (Wildman–Crippen MR) is 126 cm³/mol. The van der Waals surface area contributed by atoms with E-state index in [0.29, 0.717) is 29.0 Å². The highest BCUT2D eigenvalue weighted by atomic mass is 19.1. The molecule has 3 N–H and O–H groups in total. The first kappa shape index (κ1) is 24.2. The highest BCUT2D eigenvalue weighted by Gasteiger charge is 2.32. The lowest BCUT2D eigenvalue weighted by molar-refractivity contribution is -0.0300. The first-order valence-corrected chi connectivity index (χ1v) is 11.5. The summed E-state index contributed by atoms with van der Waals surface area (Å²) in [4.78, 5) is 8.72. The van der Waals surface area contributed by atoms with Crippen LogP contribution in [-0.2, 0) is 0 Å². The Morgan fingerprint density at radius 3 is 2.71 bits per heavy atom. The SMILES string of the molecule is COc1cnc2cccc(C(O)C(O)[C@H]3CC[C@H](NC/C=C/c4cc(F)ccc4F)CC3)c2n1. The fourth-order valence-corrected chi connectivity index (χ4v) is 4.55. The van der Waals surface area contributed by atoms with Gasteiger partial charge in [0.15, 0.2) is 0 Å². The highest BCUT2D eigenvalue weighted by molar-refractivity contribution is 5.78. The number of benzene rings is 2. The molecule has 34 heavy (non-hydrogen) atoms. The van der Waals surface area contributed by atoms with Gasteiger partial charge in [0.2, 0.25) is 5.88 Å². The van der Waals surface area contributed by atoms with Crippen molar-refractivity contribution in [3.05, 3.63) is 71.4 Å². The number of fused-ring (bicyclic) bond motifs is 1. The lowest BCUT2D eigenvalue weighted by Crippen LogP contribution is -2.37. The molecule has 0 aliphatic heterocycles. The van der Waals surface area contributed by atoms with Crippen molar-refractivity contribution >= 4 is 17.1 Å². The minimum absolute atomic E-state index is 0.0428. The maximum Gasteiger partial charge on any atom is 0.232 e. The first-order valence-electron chi connectivity index (χ1n) is 11.5. The second-order valence-electron chi connectivity index (χ2n) is 8.65. The van der Waals surface area contributed by atoms with E-state index in [1.807, 2.05) is 0 Å². The first-order chi connectivity index (χ1) is 16.5. The summed E-state index contributed by atoms with van der Waals surface area (Å²) in [5.41, 5.74) is 1.90. The zero-order valence-corrected chi connectivity index (χ0v) is 19.0. The van der Waals surface area contributed by atoms with Crippen LogP contribution in [0.15, 0.2) is 48.7 Å². The fourth-order valence-electron chi connectivity index (χ4n) is 4.55. The number of aliphatic hydroxyl groups excluding tert-OH is 2. The number of halogens is 2. The van der Waals surface area contributed by atoms with Crippen LogP contribution in [0.1, 0.15) is 42.9 Å². The minimum Gasteiger partial charge on any atom is -0.480 e. The van der Waals surface area contributed by atoms with Gasteiger partial charge in [0, 0.05) is 23.7 Å². The van der Waals surface area contributed by atoms with Crippen molar-refractivity contribution in [1.82, 2.24) is 15.3 Å². The van der Waals surface area contributed by atoms with E-state index in [2.05, 4.69) is 15.3 Å². The molecule has 1 fully saturated rings. The molecule has 1 aromatic heterocycles. The van der Waals surface area contributed by atoms with E-state index >= 15 is 0 Å². The van der Waals surface area contributed by atoms with Crippen molar-refractivity contribution in [1.29, 1.82) is 0 Å². The third-order valence-corrected chi connectivity index (χ3v) is 6.47. The van der Waals surface area contributed by atoms with Gasteiger partial charge >= 0.3 is 0 Å². The van der Waals surface area contributed by atoms with E-state index in [4.69, 9.17) is 4.74 Å². The van der Waals surface area contributed by atoms with Gasteiger partial charge in [0.25, 0.3) is 0 Å². The molecule has 2 unspecified atom stereocenters. The largest absolute Gasteiger partial charge is 0.480 e. The van der Waals surface area contributed by atoms with Crippen LogP contribution in [0.5, 0.6) is 5.88 Å². The molecule has 6 nitrogen and oxygen atoms in total. The summed E-state index contributed by atoms with van der Waals surface area (Å²) in [6.45, 7) is 0.535. The third-order valence-electron chi connectivity index (χ3n) is 6.47. The molecule has 180 valence electrons. The molecule has 2 atom stereocenters. The number of nitrogens with zero attached hydrogens (tertiary/aromatic N) is 2. The van der Waals surface area contributed by atoms with Crippen molar-refractivity contribution in [2.75, 3.05) is 13.7 Å². The summed E-state index contributed by atoms with van der Waals surface area (Å²) in [7, 11) is 1.51. The average Bonchev–Trinajstić information content (AvgIpc) is 2.87. The van der Waals surface area contributed by atoms with Crippen molar-refractivity contribution in [3.8, 4) is 5.88 Å². The second kappa shape index (κ2) is 11.0. The quantitative estimate of drug-likeness (QED) is 0.459. The number of aromatic nitrogens is 2. The molecule has 0 bridgehead atoms. The van der Waals surface area contributed by atoms with Crippen LogP contribution in [0, 0.1) is 17.6 Å². The van der Waals surface area contributed by atoms with E-state index in [9.17, 15) is 19.0 Å². The van der Waals surface area contributed by atoms with E-state index in [1.54, 1.807) is 30.4 Å². The molecule has 4 rings (SSSR count). The molecular formula is C26H29F2N3O3. The van der Waals surface area contributed by atoms with Crippen LogP contribution in [-0.4, -0.2) is 46.0 Å². The maximum atomic E-state index is 13.7. The number of hydrogen-bond donors (Lipinski definition) is 3. The Bertz CT molecular complexity index is 1150. The molecule has 0 amide bonds. The highest BCUT2D eigenvalue weighted by Crippen LogP contribution is 2.34. The van der Waals surface area contributed by atoms with Crippen LogP contribution in [0.2, 0.25) is 0 Å². The summed E-state index contributed by atoms with van der Waals surface area (Å²) < 4.78 is 32.1. The monoisotopic (exact) mass is 469 g/mol. The number of hydrogen-bond acceptors (Lipinski definition) is 6. The molecule has 2 aromatic carbocycles. The Balaban J connectivity index is 1.31. The average molecular weight is 470 g/mol. The van der Waals surface area contributed by atoms with Crippen LogP contribution < -0.4 is 10.1 Å². The molecule has 8 heteroatoms. The lowest BCUT2D eigenvalue weighted by Gasteiger charge is -2.34. The van der Waals surface area contributed by atoms with Crippen LogP contribution >= 0.6 is 0 Å². The van der Waals surface area contributed by atoms with Crippen molar-refractivity contribution in [2.24, 2.45) is 5.92 Å². The Kier molecular flexibility index (Phi) is 7.82. The molecule has 1 aliphatic rings. The van der Waals surface area contributed by atoms with Gasteiger partial charge < -0.3 is 20.3 Å². The van der Waals surface area contributed by atoms with Crippen molar-refractivity contribution in [3.63, 3.8) is 0 Å². The van der Waals surface area contributed by atoms with Gasteiger partial charge in [-0.15, -0.1) is 0 Å². The van der Waals surface area contributed by atoms with Crippen LogP contribution in [0.4, 0.5) is 8.78 Å². The van der Waals surface area contributed by atoms with Gasteiger partial charge in [0.05, 0.1) is 30.4 Å². The summed E-state index contributed by atoms with van der Waals surface area (Å²) >= 11 is 0. The molecule has 0 radical (unpaired) electrons. The van der Waals surface area contributed by atoms with Crippen LogP contribution in [0.3, 0.4) is 0 Å². The fraction of sp³-hybridized carbons (Fsp3) is 0.385. The van der Waals surface area contributed by atoms with Crippen LogP contribution in [0.25, 0.3) is 17.1 Å². The van der Waals surface area contributed by atoms with Gasteiger partial charge in [0.1, 0.15) is 17.7 Å². The third kappa shape index (κ3) is 5.58. The maximum absolute atomic E-state index is 13.7. The predicted octanol–water partition coefficient (Wildman–Crippen LogP) is 4.17. The number of methoxy groups -OCH3 is 1. The summed E-state index contributed by atoms with van der Waals surface area (Å²) in [5.74, 6) is -0.620. The Morgan fingerprint density at radius 2 is 1.94 bits per heavy atom. The molecule has 1 saturated carbocycles. The number of para-hydroxylation sites is 1. The normalized spacial score (nSPS) is 20.5. The van der Waals surface area contributed by atoms with Gasteiger partial charge in [-0.2, -0.15) is 0 Å². The smallest absolute Gasteiger partial charge is 0.232 e. The molecule has 0 spiro atoms. The van der Waals surface area contributed by atoms with Gasteiger partial charge in [-0.25, -0.2) is 18.7 Å². The molecule has 3 aromatic rings. The van der Waals surface area contributed by atoms with E-state index in [0.717, 1.165) is 37.8 Å². The van der Waals surface area contributed by atoms with Crippen molar-refractivity contribution in [2.45, 2.75) is 43.9 Å². The van der Waals surface area contributed by atoms with Gasteiger partial charge in [-0.05, 0) is 55.9 Å². The summed E-state index contributed by atoms with van der Waals surface area (Å²) in [6, 6.07) is 8.99. The zero-order chi connectivity index (χ0) is 24.1. The summed E-state index contributed by atoms with van der Waals surface area (Å²) in [6.07, 6.45) is 6.08. The minimum atomic E-state index is -1.08. The zero-order valence-electron chi connectivity index (χ0n) is 19.0. The Labute approximate surface area is 197 Å². The summed E-state index contributed by atoms with van der Waals surface area (Å²) in [5, 5.41) is 25.3. The van der Waals surface area contributed by atoms with Crippen molar-refractivity contribution < 1.29 is 23.7 Å². The number of nitrogens with one attached hydrogen (secondary N) is 1. The number of rotatable bonds is 8. The molecule has 1 aliphatic carbocycles. The Hall–Kier alpha value is -2.94. The molecular weight excluding hydrogens is 440 g/mol. The second-order valence-corrected chi connectivity index (χ2v) is 8.65. The standard InChI is InChI=1S/C26H29F2N3O3/c1-34-23-15-30-22-6-2-5-20(24(22)31-23)26(33)25(32)16-7-10-19(11-8-16)29-13-3-4-17-14-18(27)9-12-21(17)28/h2-6,9,12,14-16,19,25-26,29,32-33H,7-8,10-11,13H2,1H3/b4-3+/t16-,19-,25?,26?. The number of aliphatic hydroxyl groups is 2. The topological polar surface area (TPSA) is 87.5 Å². The molecule has 1 heterocycles. The van der Waals surface area contributed by atoms with E-state index in [1.165, 1.54) is 19.4 Å². The lowest BCUT2D eigenvalue weighted by atomic mass is 9.80. The molecule has 0 saturated heterocycles. The van der Waals surface area contributed by atoms with Gasteiger partial charge in [-0.3, -0.25) is 0 Å². The van der Waals surface area contributed by atoms with E-state index < -0.39 is 23.8 Å². The van der Waals surface area contributed by atoms with Gasteiger partial charge in [-0.1, -0.05) is 24.3 Å².